The molecule has 4 heteroatoms. The summed E-state index contributed by atoms with van der Waals surface area (Å²) >= 11 is 0. The van der Waals surface area contributed by atoms with Crippen LogP contribution < -0.4 is 0 Å². The second-order valence-corrected chi connectivity index (χ2v) is 6.68. The number of halogens is 1. The Bertz CT molecular complexity index is 705. The monoisotopic (exact) mass is 299 g/mol. The molecule has 2 saturated carbocycles. The molecule has 0 bridgehead atoms. The van der Waals surface area contributed by atoms with Gasteiger partial charge in [0.25, 0.3) is 5.91 Å². The molecule has 1 aromatic carbocycles. The zero-order valence-corrected chi connectivity index (χ0v) is 12.4. The number of nitrogens with zero attached hydrogens (tertiary/aromatic N) is 1. The summed E-state index contributed by atoms with van der Waals surface area (Å²) in [5, 5.41) is 0. The van der Waals surface area contributed by atoms with Crippen molar-refractivity contribution >= 4 is 11.7 Å². The minimum absolute atomic E-state index is 0.0610. The number of rotatable bonds is 2. The summed E-state index contributed by atoms with van der Waals surface area (Å²) in [4.78, 5) is 26.6. The van der Waals surface area contributed by atoms with Gasteiger partial charge in [-0.05, 0) is 54.9 Å². The van der Waals surface area contributed by atoms with Crippen molar-refractivity contribution in [3.63, 3.8) is 0 Å². The smallest absolute Gasteiger partial charge is 0.255 e. The van der Waals surface area contributed by atoms with Crippen LogP contribution in [0.25, 0.3) is 0 Å². The van der Waals surface area contributed by atoms with E-state index in [1.54, 1.807) is 11.0 Å². The number of hydrogen-bond donors (Lipinski definition) is 0. The lowest BCUT2D eigenvalue weighted by Gasteiger charge is -2.30. The van der Waals surface area contributed by atoms with Crippen LogP contribution in [0.5, 0.6) is 0 Å². The maximum absolute atomic E-state index is 13.8. The molecule has 2 fully saturated rings. The average Bonchev–Trinajstić information content (AvgIpc) is 3.25. The van der Waals surface area contributed by atoms with Crippen LogP contribution in [0, 0.1) is 5.82 Å². The second-order valence-electron chi connectivity index (χ2n) is 6.68. The highest BCUT2D eigenvalue weighted by atomic mass is 19.1. The van der Waals surface area contributed by atoms with Gasteiger partial charge in [0.15, 0.2) is 5.78 Å². The van der Waals surface area contributed by atoms with Crippen LogP contribution in [0.4, 0.5) is 4.39 Å². The van der Waals surface area contributed by atoms with E-state index in [1.165, 1.54) is 6.07 Å². The van der Waals surface area contributed by atoms with Crippen LogP contribution in [0.3, 0.4) is 0 Å². The van der Waals surface area contributed by atoms with Gasteiger partial charge in [-0.25, -0.2) is 4.39 Å². The van der Waals surface area contributed by atoms with Crippen LogP contribution in [-0.4, -0.2) is 22.6 Å². The Labute approximate surface area is 128 Å². The molecule has 0 radical (unpaired) electrons. The number of fused-ring (bicyclic) bond motifs is 1. The van der Waals surface area contributed by atoms with E-state index in [2.05, 4.69) is 6.58 Å². The molecule has 0 aromatic heterocycles. The summed E-state index contributed by atoms with van der Waals surface area (Å²) in [7, 11) is 0. The third-order valence-corrected chi connectivity index (χ3v) is 5.03. The van der Waals surface area contributed by atoms with Gasteiger partial charge >= 0.3 is 0 Å². The highest BCUT2D eigenvalue weighted by Gasteiger charge is 2.40. The molecule has 2 aliphatic carbocycles. The molecule has 114 valence electrons. The van der Waals surface area contributed by atoms with E-state index in [0.29, 0.717) is 30.9 Å². The van der Waals surface area contributed by atoms with Crippen molar-refractivity contribution < 1.29 is 14.0 Å². The number of amides is 1. The second kappa shape index (κ2) is 4.77. The number of ketones is 1. The Morgan fingerprint density at radius 2 is 1.95 bits per heavy atom. The molecule has 4 rings (SSSR count). The van der Waals surface area contributed by atoms with Crippen molar-refractivity contribution in [3.05, 3.63) is 46.8 Å². The Balaban J connectivity index is 1.68. The number of carbonyl (C=O) groups is 2. The van der Waals surface area contributed by atoms with E-state index in [-0.39, 0.29) is 23.5 Å². The Morgan fingerprint density at radius 3 is 2.64 bits per heavy atom. The van der Waals surface area contributed by atoms with Crippen LogP contribution in [-0.2, 0) is 11.3 Å². The van der Waals surface area contributed by atoms with Crippen molar-refractivity contribution in [1.82, 2.24) is 4.90 Å². The molecule has 0 N–H and O–H groups in total. The summed E-state index contributed by atoms with van der Waals surface area (Å²) in [6.45, 7) is 4.32. The minimum atomic E-state index is -0.375. The summed E-state index contributed by atoms with van der Waals surface area (Å²) in [6, 6.07) is 2.52. The van der Waals surface area contributed by atoms with Crippen molar-refractivity contribution in [2.75, 3.05) is 0 Å². The number of Topliss-reactive ketones (excluding diaryl/α,β-unsaturated/α-hetero) is 1. The fourth-order valence-electron chi connectivity index (χ4n) is 3.72. The first kappa shape index (κ1) is 13.7. The van der Waals surface area contributed by atoms with Gasteiger partial charge in [0.2, 0.25) is 0 Å². The maximum atomic E-state index is 13.8. The Hall–Kier alpha value is -1.97. The van der Waals surface area contributed by atoms with E-state index in [4.69, 9.17) is 0 Å². The molecule has 22 heavy (non-hydrogen) atoms. The number of carbonyl (C=O) groups excluding carboxylic acids is 2. The van der Waals surface area contributed by atoms with Gasteiger partial charge < -0.3 is 4.90 Å². The predicted octanol–water partition coefficient (Wildman–Crippen LogP) is 3.34. The maximum Gasteiger partial charge on any atom is 0.255 e. The summed E-state index contributed by atoms with van der Waals surface area (Å²) in [5.74, 6) is -0.0913. The normalized spacial score (nSPS) is 24.9. The third kappa shape index (κ3) is 2.09. The highest BCUT2D eigenvalue weighted by molar-refractivity contribution is 6.02. The highest BCUT2D eigenvalue weighted by Crippen LogP contribution is 2.45. The van der Waals surface area contributed by atoms with Gasteiger partial charge in [0.1, 0.15) is 5.82 Å². The van der Waals surface area contributed by atoms with E-state index in [0.717, 1.165) is 36.0 Å². The van der Waals surface area contributed by atoms with Crippen LogP contribution in [0.1, 0.15) is 59.5 Å². The summed E-state index contributed by atoms with van der Waals surface area (Å²) < 4.78 is 13.8. The van der Waals surface area contributed by atoms with Crippen molar-refractivity contribution in [2.24, 2.45) is 0 Å². The molecule has 0 saturated heterocycles. The van der Waals surface area contributed by atoms with Gasteiger partial charge in [-0.1, -0.05) is 12.2 Å². The van der Waals surface area contributed by atoms with E-state index >= 15 is 0 Å². The Morgan fingerprint density at radius 1 is 1.18 bits per heavy atom. The van der Waals surface area contributed by atoms with Crippen molar-refractivity contribution in [1.29, 1.82) is 0 Å². The fraction of sp³-hybridized carbons (Fsp3) is 0.444. The fourth-order valence-corrected chi connectivity index (χ4v) is 3.72. The summed E-state index contributed by atoms with van der Waals surface area (Å²) in [5.41, 5.74) is 3.30. The zero-order valence-electron chi connectivity index (χ0n) is 12.4. The first-order valence-corrected chi connectivity index (χ1v) is 7.87. The molecule has 1 aromatic rings. The lowest BCUT2D eigenvalue weighted by Crippen LogP contribution is -2.43. The predicted molar refractivity (Wildman–Crippen MR) is 80.0 cm³/mol. The minimum Gasteiger partial charge on any atom is -0.324 e. The number of allylic oxidation sites excluding steroid dienone is 1. The Kier molecular flexibility index (Phi) is 2.96. The van der Waals surface area contributed by atoms with Crippen LogP contribution >= 0.6 is 0 Å². The van der Waals surface area contributed by atoms with Crippen molar-refractivity contribution in [3.8, 4) is 0 Å². The van der Waals surface area contributed by atoms with Crippen molar-refractivity contribution in [2.45, 2.75) is 50.6 Å². The van der Waals surface area contributed by atoms with Gasteiger partial charge in [-0.15, -0.1) is 0 Å². The average molecular weight is 299 g/mol. The molecule has 1 heterocycles. The van der Waals surface area contributed by atoms with Gasteiger partial charge in [-0.2, -0.15) is 0 Å². The molecule has 1 atom stereocenters. The van der Waals surface area contributed by atoms with Gasteiger partial charge in [0.05, 0.1) is 6.04 Å². The topological polar surface area (TPSA) is 37.4 Å². The molecule has 1 aliphatic heterocycles. The quantitative estimate of drug-likeness (QED) is 0.785. The molecule has 1 unspecified atom stereocenters. The largest absolute Gasteiger partial charge is 0.324 e. The summed E-state index contributed by atoms with van der Waals surface area (Å²) in [6.07, 6.45) is 3.90. The molecule has 3 aliphatic rings. The standard InChI is InChI=1S/C18H18FNO2/c1-10-2-5-16(17(21)6-10)20-9-15-13(11-3-4-11)7-12(19)8-14(15)18(20)22/h7-8,11,16H,1-6,9H2. The van der Waals surface area contributed by atoms with E-state index in [1.807, 2.05) is 0 Å². The molecular formula is C18H18FNO2. The lowest BCUT2D eigenvalue weighted by molar-refractivity contribution is -0.124. The molecular weight excluding hydrogens is 281 g/mol. The molecule has 1 amide bonds. The third-order valence-electron chi connectivity index (χ3n) is 5.03. The molecule has 0 spiro atoms. The van der Waals surface area contributed by atoms with Gasteiger partial charge in [-0.3, -0.25) is 9.59 Å². The number of hydrogen-bond acceptors (Lipinski definition) is 2. The van der Waals surface area contributed by atoms with Gasteiger partial charge in [0, 0.05) is 18.5 Å². The first-order chi connectivity index (χ1) is 10.5. The number of benzene rings is 1. The van der Waals surface area contributed by atoms with Crippen LogP contribution in [0.15, 0.2) is 24.3 Å². The zero-order chi connectivity index (χ0) is 15.4. The molecule has 3 nitrogen and oxygen atoms in total. The lowest BCUT2D eigenvalue weighted by atomic mass is 9.89. The first-order valence-electron chi connectivity index (χ1n) is 7.87. The van der Waals surface area contributed by atoms with E-state index < -0.39 is 0 Å². The van der Waals surface area contributed by atoms with E-state index in [9.17, 15) is 14.0 Å². The SMILES string of the molecule is C=C1CCC(N2Cc3c(cc(F)cc3C3CC3)C2=O)C(=O)C1. The van der Waals surface area contributed by atoms with Crippen LogP contribution in [0.2, 0.25) is 0 Å².